The predicted octanol–water partition coefficient (Wildman–Crippen LogP) is 3.28. The molecule has 1 heterocycles. The Morgan fingerprint density at radius 2 is 2.18 bits per heavy atom. The highest BCUT2D eigenvalue weighted by molar-refractivity contribution is 6.30. The molecule has 0 saturated carbocycles. The van der Waals surface area contributed by atoms with Crippen molar-refractivity contribution in [1.29, 1.82) is 0 Å². The van der Waals surface area contributed by atoms with Crippen LogP contribution in [-0.4, -0.2) is 18.7 Å². The molecule has 0 spiro atoms. The summed E-state index contributed by atoms with van der Waals surface area (Å²) in [5, 5.41) is 4.30. The number of rotatable bonds is 4. The first-order valence-corrected chi connectivity index (χ1v) is 6.62. The number of hydrogen-bond acceptors (Lipinski definition) is 2. The second kappa shape index (κ2) is 5.28. The molecule has 0 fully saturated rings. The van der Waals surface area contributed by atoms with Crippen LogP contribution >= 0.6 is 11.6 Å². The monoisotopic (exact) mass is 253 g/mol. The van der Waals surface area contributed by atoms with Gasteiger partial charge in [-0.05, 0) is 36.6 Å². The minimum absolute atomic E-state index is 0.240. The van der Waals surface area contributed by atoms with Crippen molar-refractivity contribution >= 4 is 11.6 Å². The van der Waals surface area contributed by atoms with Gasteiger partial charge in [0.05, 0.1) is 0 Å². The van der Waals surface area contributed by atoms with E-state index < -0.39 is 0 Å². The molecule has 17 heavy (non-hydrogen) atoms. The summed E-state index contributed by atoms with van der Waals surface area (Å²) in [5.74, 6) is 1.63. The Hall–Kier alpha value is -0.730. The van der Waals surface area contributed by atoms with E-state index in [1.807, 2.05) is 18.2 Å². The maximum Gasteiger partial charge on any atom is 0.123 e. The van der Waals surface area contributed by atoms with Gasteiger partial charge >= 0.3 is 0 Å². The van der Waals surface area contributed by atoms with Gasteiger partial charge in [0.25, 0.3) is 0 Å². The number of benzene rings is 1. The van der Waals surface area contributed by atoms with Crippen LogP contribution in [0.2, 0.25) is 5.02 Å². The highest BCUT2D eigenvalue weighted by Gasteiger charge is 2.23. The first-order valence-electron chi connectivity index (χ1n) is 6.24. The van der Waals surface area contributed by atoms with Gasteiger partial charge in [0.15, 0.2) is 0 Å². The van der Waals surface area contributed by atoms with Gasteiger partial charge in [-0.15, -0.1) is 0 Å². The van der Waals surface area contributed by atoms with E-state index >= 15 is 0 Å². The first-order chi connectivity index (χ1) is 8.06. The molecule has 0 amide bonds. The van der Waals surface area contributed by atoms with Crippen molar-refractivity contribution in [1.82, 2.24) is 5.32 Å². The molecule has 0 saturated heterocycles. The maximum absolute atomic E-state index is 5.97. The second-order valence-corrected chi connectivity index (χ2v) is 5.57. The summed E-state index contributed by atoms with van der Waals surface area (Å²) < 4.78 is 5.87. The lowest BCUT2D eigenvalue weighted by Crippen LogP contribution is -2.38. The second-order valence-electron chi connectivity index (χ2n) is 5.14. The third-order valence-electron chi connectivity index (χ3n) is 3.43. The molecule has 1 aliphatic heterocycles. The molecule has 0 radical (unpaired) electrons. The third kappa shape index (κ3) is 3.14. The van der Waals surface area contributed by atoms with Crippen LogP contribution in [-0.2, 0) is 6.42 Å². The van der Waals surface area contributed by atoms with Crippen molar-refractivity contribution in [3.8, 4) is 5.75 Å². The molecule has 94 valence electrons. The van der Waals surface area contributed by atoms with Crippen molar-refractivity contribution in [3.05, 3.63) is 28.8 Å². The molecule has 1 N–H and O–H groups in total. The normalized spacial score (nSPS) is 20.2. The topological polar surface area (TPSA) is 21.3 Å². The average molecular weight is 254 g/mol. The summed E-state index contributed by atoms with van der Waals surface area (Å²) in [6, 6.07) is 6.37. The van der Waals surface area contributed by atoms with Gasteiger partial charge in [-0.2, -0.15) is 0 Å². The first kappa shape index (κ1) is 12.7. The van der Waals surface area contributed by atoms with Crippen LogP contribution in [0.1, 0.15) is 26.3 Å². The lowest BCUT2D eigenvalue weighted by atomic mass is 10.1. The molecule has 1 aromatic carbocycles. The fourth-order valence-corrected chi connectivity index (χ4v) is 2.15. The smallest absolute Gasteiger partial charge is 0.123 e. The Balaban J connectivity index is 1.88. The van der Waals surface area contributed by atoms with Gasteiger partial charge in [0.1, 0.15) is 11.9 Å². The number of ether oxygens (including phenoxy) is 1. The standard InChI is InChI=1S/C14H20ClNO/c1-9(2)10(3)16-8-13-7-11-6-12(15)4-5-14(11)17-13/h4-6,9-10,13,16H,7-8H2,1-3H3. The van der Waals surface area contributed by atoms with Crippen molar-refractivity contribution in [3.63, 3.8) is 0 Å². The molecule has 1 aliphatic rings. The summed E-state index contributed by atoms with van der Waals surface area (Å²) in [6.45, 7) is 7.55. The van der Waals surface area contributed by atoms with Gasteiger partial charge in [0.2, 0.25) is 0 Å². The summed E-state index contributed by atoms with van der Waals surface area (Å²) in [7, 11) is 0. The van der Waals surface area contributed by atoms with E-state index in [0.29, 0.717) is 12.0 Å². The van der Waals surface area contributed by atoms with Crippen molar-refractivity contribution in [2.24, 2.45) is 5.92 Å². The molecule has 0 aromatic heterocycles. The van der Waals surface area contributed by atoms with E-state index in [1.165, 1.54) is 5.56 Å². The highest BCUT2D eigenvalue weighted by Crippen LogP contribution is 2.30. The molecule has 2 unspecified atom stereocenters. The minimum atomic E-state index is 0.240. The summed E-state index contributed by atoms with van der Waals surface area (Å²) >= 11 is 5.97. The largest absolute Gasteiger partial charge is 0.488 e. The van der Waals surface area contributed by atoms with Gasteiger partial charge < -0.3 is 10.1 Å². The molecule has 2 atom stereocenters. The van der Waals surface area contributed by atoms with Crippen LogP contribution in [0.4, 0.5) is 0 Å². The number of fused-ring (bicyclic) bond motifs is 1. The molecular weight excluding hydrogens is 234 g/mol. The quantitative estimate of drug-likeness (QED) is 0.889. The zero-order valence-corrected chi connectivity index (χ0v) is 11.4. The minimum Gasteiger partial charge on any atom is -0.488 e. The van der Waals surface area contributed by atoms with Crippen LogP contribution in [0.3, 0.4) is 0 Å². The molecule has 3 heteroatoms. The van der Waals surface area contributed by atoms with E-state index in [2.05, 4.69) is 26.1 Å². The number of hydrogen-bond donors (Lipinski definition) is 1. The van der Waals surface area contributed by atoms with E-state index in [0.717, 1.165) is 23.7 Å². The van der Waals surface area contributed by atoms with Crippen LogP contribution in [0, 0.1) is 5.92 Å². The van der Waals surface area contributed by atoms with Gasteiger partial charge in [-0.25, -0.2) is 0 Å². The van der Waals surface area contributed by atoms with Gasteiger partial charge in [-0.1, -0.05) is 25.4 Å². The molecule has 2 rings (SSSR count). The van der Waals surface area contributed by atoms with E-state index in [9.17, 15) is 0 Å². The molecule has 0 aliphatic carbocycles. The Morgan fingerprint density at radius 3 is 2.88 bits per heavy atom. The van der Waals surface area contributed by atoms with Crippen LogP contribution in [0.15, 0.2) is 18.2 Å². The number of halogens is 1. The van der Waals surface area contributed by atoms with Crippen molar-refractivity contribution in [2.75, 3.05) is 6.54 Å². The summed E-state index contributed by atoms with van der Waals surface area (Å²) in [6.07, 6.45) is 1.19. The molecule has 0 bridgehead atoms. The lowest BCUT2D eigenvalue weighted by molar-refractivity contribution is 0.217. The molecule has 1 aromatic rings. The fraction of sp³-hybridized carbons (Fsp3) is 0.571. The Morgan fingerprint density at radius 1 is 1.41 bits per heavy atom. The zero-order chi connectivity index (χ0) is 12.4. The molecular formula is C14H20ClNO. The van der Waals surface area contributed by atoms with Crippen LogP contribution < -0.4 is 10.1 Å². The Labute approximate surface area is 108 Å². The Kier molecular flexibility index (Phi) is 3.95. The Bertz CT molecular complexity index is 392. The zero-order valence-electron chi connectivity index (χ0n) is 10.7. The SMILES string of the molecule is CC(C)C(C)NCC1Cc2cc(Cl)ccc2O1. The predicted molar refractivity (Wildman–Crippen MR) is 71.9 cm³/mol. The highest BCUT2D eigenvalue weighted by atomic mass is 35.5. The van der Waals surface area contributed by atoms with Crippen molar-refractivity contribution < 1.29 is 4.74 Å². The van der Waals surface area contributed by atoms with Gasteiger partial charge in [0, 0.05) is 24.0 Å². The van der Waals surface area contributed by atoms with E-state index in [4.69, 9.17) is 16.3 Å². The third-order valence-corrected chi connectivity index (χ3v) is 3.67. The van der Waals surface area contributed by atoms with Gasteiger partial charge in [-0.3, -0.25) is 0 Å². The van der Waals surface area contributed by atoms with E-state index in [1.54, 1.807) is 0 Å². The molecule has 2 nitrogen and oxygen atoms in total. The van der Waals surface area contributed by atoms with E-state index in [-0.39, 0.29) is 6.10 Å². The van der Waals surface area contributed by atoms with Crippen LogP contribution in [0.25, 0.3) is 0 Å². The fourth-order valence-electron chi connectivity index (χ4n) is 1.96. The average Bonchev–Trinajstić information content (AvgIpc) is 2.67. The summed E-state index contributed by atoms with van der Waals surface area (Å²) in [4.78, 5) is 0. The number of nitrogens with one attached hydrogen (secondary N) is 1. The van der Waals surface area contributed by atoms with Crippen molar-refractivity contribution in [2.45, 2.75) is 39.3 Å². The maximum atomic E-state index is 5.97. The lowest BCUT2D eigenvalue weighted by Gasteiger charge is -2.20. The summed E-state index contributed by atoms with van der Waals surface area (Å²) in [5.41, 5.74) is 1.22. The van der Waals surface area contributed by atoms with Crippen LogP contribution in [0.5, 0.6) is 5.75 Å².